The SMILES string of the molecule is Cc1cc(-c2n[nH]c(=S)n2/N=C/c2ccc([N+](=O)[O-])cc2)n[nH]1. The van der Waals surface area contributed by atoms with Crippen LogP contribution in [-0.4, -0.2) is 36.2 Å². The van der Waals surface area contributed by atoms with Crippen molar-refractivity contribution in [2.45, 2.75) is 6.92 Å². The first-order chi connectivity index (χ1) is 11.0. The molecule has 0 unspecified atom stereocenters. The first-order valence-electron chi connectivity index (χ1n) is 6.53. The molecule has 0 saturated carbocycles. The maximum Gasteiger partial charge on any atom is 0.269 e. The highest BCUT2D eigenvalue weighted by Gasteiger charge is 2.11. The van der Waals surface area contributed by atoms with Crippen molar-refractivity contribution in [1.82, 2.24) is 25.1 Å². The maximum atomic E-state index is 10.6. The second-order valence-corrected chi connectivity index (χ2v) is 5.08. The number of hydrogen-bond donors (Lipinski definition) is 2. The maximum absolute atomic E-state index is 10.6. The summed E-state index contributed by atoms with van der Waals surface area (Å²) in [4.78, 5) is 10.2. The summed E-state index contributed by atoms with van der Waals surface area (Å²) in [6, 6.07) is 7.85. The van der Waals surface area contributed by atoms with E-state index >= 15 is 0 Å². The molecule has 0 bridgehead atoms. The molecule has 2 heterocycles. The van der Waals surface area contributed by atoms with Gasteiger partial charge in [0.15, 0.2) is 0 Å². The molecule has 3 rings (SSSR count). The molecule has 116 valence electrons. The highest BCUT2D eigenvalue weighted by atomic mass is 32.1. The van der Waals surface area contributed by atoms with Crippen LogP contribution in [-0.2, 0) is 0 Å². The van der Waals surface area contributed by atoms with Crippen molar-refractivity contribution in [3.63, 3.8) is 0 Å². The van der Waals surface area contributed by atoms with Crippen LogP contribution in [0.3, 0.4) is 0 Å². The van der Waals surface area contributed by atoms with E-state index in [0.29, 0.717) is 21.9 Å². The zero-order chi connectivity index (χ0) is 16.4. The average molecular weight is 329 g/mol. The Morgan fingerprint density at radius 1 is 1.30 bits per heavy atom. The number of aromatic amines is 2. The minimum absolute atomic E-state index is 0.0229. The molecule has 0 spiro atoms. The van der Waals surface area contributed by atoms with Crippen molar-refractivity contribution in [3.05, 3.63) is 56.5 Å². The molecule has 0 fully saturated rings. The number of nitro benzene ring substituents is 1. The number of hydrogen-bond acceptors (Lipinski definition) is 6. The predicted octanol–water partition coefficient (Wildman–Crippen LogP) is 2.43. The lowest BCUT2D eigenvalue weighted by Crippen LogP contribution is -1.95. The Morgan fingerprint density at radius 3 is 2.65 bits per heavy atom. The second-order valence-electron chi connectivity index (χ2n) is 4.69. The molecule has 0 radical (unpaired) electrons. The van der Waals surface area contributed by atoms with E-state index in [0.717, 1.165) is 5.69 Å². The fourth-order valence-corrected chi connectivity index (χ4v) is 2.08. The van der Waals surface area contributed by atoms with Crippen LogP contribution in [0.2, 0.25) is 0 Å². The zero-order valence-corrected chi connectivity index (χ0v) is 12.7. The number of H-pyrrole nitrogens is 2. The van der Waals surface area contributed by atoms with Crippen LogP contribution in [0, 0.1) is 21.8 Å². The molecule has 1 aromatic carbocycles. The largest absolute Gasteiger partial charge is 0.282 e. The lowest BCUT2D eigenvalue weighted by atomic mass is 10.2. The Hall–Kier alpha value is -3.14. The van der Waals surface area contributed by atoms with Crippen molar-refractivity contribution in [2.24, 2.45) is 5.10 Å². The van der Waals surface area contributed by atoms with Gasteiger partial charge < -0.3 is 0 Å². The fraction of sp³-hybridized carbons (Fsp3) is 0.0769. The second kappa shape index (κ2) is 5.93. The molecule has 0 aliphatic rings. The zero-order valence-electron chi connectivity index (χ0n) is 11.9. The predicted molar refractivity (Wildman–Crippen MR) is 85.8 cm³/mol. The van der Waals surface area contributed by atoms with Crippen LogP contribution >= 0.6 is 12.2 Å². The minimum Gasteiger partial charge on any atom is -0.282 e. The molecule has 0 aliphatic carbocycles. The Kier molecular flexibility index (Phi) is 3.81. The first kappa shape index (κ1) is 14.8. The van der Waals surface area contributed by atoms with Gasteiger partial charge in [-0.15, -0.1) is 0 Å². The van der Waals surface area contributed by atoms with Gasteiger partial charge in [-0.1, -0.05) is 0 Å². The van der Waals surface area contributed by atoms with Gasteiger partial charge in [0.05, 0.1) is 11.1 Å². The molecule has 9 nitrogen and oxygen atoms in total. The Balaban J connectivity index is 1.92. The molecule has 0 amide bonds. The molecule has 2 aromatic heterocycles. The van der Waals surface area contributed by atoms with E-state index in [1.54, 1.807) is 12.1 Å². The number of rotatable bonds is 4. The van der Waals surface area contributed by atoms with Crippen molar-refractivity contribution in [2.75, 3.05) is 0 Å². The van der Waals surface area contributed by atoms with E-state index in [1.807, 2.05) is 13.0 Å². The molecule has 3 aromatic rings. The summed E-state index contributed by atoms with van der Waals surface area (Å²) >= 11 is 5.15. The summed E-state index contributed by atoms with van der Waals surface area (Å²) in [5.41, 5.74) is 2.22. The molecular weight excluding hydrogens is 318 g/mol. The van der Waals surface area contributed by atoms with Gasteiger partial charge in [-0.3, -0.25) is 15.2 Å². The summed E-state index contributed by atoms with van der Waals surface area (Å²) < 4.78 is 1.76. The quantitative estimate of drug-likeness (QED) is 0.330. The Bertz CT molecular complexity index is 936. The third kappa shape index (κ3) is 3.06. The van der Waals surface area contributed by atoms with Gasteiger partial charge in [0, 0.05) is 17.8 Å². The number of benzene rings is 1. The van der Waals surface area contributed by atoms with Crippen molar-refractivity contribution in [1.29, 1.82) is 0 Å². The topological polar surface area (TPSA) is 118 Å². The van der Waals surface area contributed by atoms with Crippen molar-refractivity contribution >= 4 is 24.1 Å². The number of aromatic nitrogens is 5. The van der Waals surface area contributed by atoms with E-state index in [-0.39, 0.29) is 5.69 Å². The van der Waals surface area contributed by atoms with Crippen LogP contribution in [0.5, 0.6) is 0 Å². The molecule has 10 heteroatoms. The summed E-state index contributed by atoms with van der Waals surface area (Å²) in [5, 5.41) is 28.6. The molecule has 0 atom stereocenters. The normalized spacial score (nSPS) is 11.2. The molecule has 23 heavy (non-hydrogen) atoms. The molecular formula is C13H11N7O2S. The minimum atomic E-state index is -0.453. The third-order valence-corrected chi connectivity index (χ3v) is 3.28. The molecule has 0 saturated heterocycles. The lowest BCUT2D eigenvalue weighted by Gasteiger charge is -1.97. The van der Waals surface area contributed by atoms with E-state index < -0.39 is 4.92 Å². The van der Waals surface area contributed by atoms with E-state index in [2.05, 4.69) is 25.5 Å². The van der Waals surface area contributed by atoms with Crippen LogP contribution in [0.15, 0.2) is 35.4 Å². The van der Waals surface area contributed by atoms with Crippen LogP contribution < -0.4 is 0 Å². The molecule has 2 N–H and O–H groups in total. The van der Waals surface area contributed by atoms with Crippen molar-refractivity contribution < 1.29 is 4.92 Å². The monoisotopic (exact) mass is 329 g/mol. The molecule has 0 aliphatic heterocycles. The van der Waals surface area contributed by atoms with Crippen LogP contribution in [0.4, 0.5) is 5.69 Å². The van der Waals surface area contributed by atoms with Crippen molar-refractivity contribution in [3.8, 4) is 11.5 Å². The van der Waals surface area contributed by atoms with Gasteiger partial charge in [0.1, 0.15) is 5.69 Å². The first-order valence-corrected chi connectivity index (χ1v) is 6.94. The summed E-state index contributed by atoms with van der Waals surface area (Å²) in [6.45, 7) is 1.88. The standard InChI is InChI=1S/C13H11N7O2S/c1-8-6-11(16-15-8)12-17-18-13(23)19(12)14-7-9-2-4-10(5-3-9)20(21)22/h2-7H,1H3,(H,15,16)(H,18,23)/b14-7+. The number of nitro groups is 1. The Labute approximate surface area is 134 Å². The van der Waals surface area contributed by atoms with Gasteiger partial charge in [-0.25, -0.2) is 5.10 Å². The van der Waals surface area contributed by atoms with Crippen LogP contribution in [0.1, 0.15) is 11.3 Å². The number of non-ortho nitro benzene ring substituents is 1. The third-order valence-electron chi connectivity index (χ3n) is 3.01. The summed E-state index contributed by atoms with van der Waals surface area (Å²) in [6.07, 6.45) is 1.54. The lowest BCUT2D eigenvalue weighted by molar-refractivity contribution is -0.384. The Morgan fingerprint density at radius 2 is 2.04 bits per heavy atom. The van der Waals surface area contributed by atoms with Gasteiger partial charge in [-0.2, -0.15) is 20.0 Å². The highest BCUT2D eigenvalue weighted by molar-refractivity contribution is 7.71. The summed E-state index contributed by atoms with van der Waals surface area (Å²) in [5.74, 6) is 0.470. The van der Waals surface area contributed by atoms with E-state index in [9.17, 15) is 10.1 Å². The van der Waals surface area contributed by atoms with Gasteiger partial charge in [0.2, 0.25) is 10.6 Å². The number of nitrogens with zero attached hydrogens (tertiary/aromatic N) is 5. The van der Waals surface area contributed by atoms with Gasteiger partial charge in [-0.05, 0) is 42.9 Å². The number of nitrogens with one attached hydrogen (secondary N) is 2. The highest BCUT2D eigenvalue weighted by Crippen LogP contribution is 2.15. The van der Waals surface area contributed by atoms with E-state index in [4.69, 9.17) is 12.2 Å². The van der Waals surface area contributed by atoms with Gasteiger partial charge in [0.25, 0.3) is 5.69 Å². The smallest absolute Gasteiger partial charge is 0.269 e. The summed E-state index contributed by atoms with van der Waals surface area (Å²) in [7, 11) is 0. The van der Waals surface area contributed by atoms with Crippen LogP contribution in [0.25, 0.3) is 11.5 Å². The fourth-order valence-electron chi connectivity index (χ4n) is 1.90. The number of aryl methyl sites for hydroxylation is 1. The van der Waals surface area contributed by atoms with Gasteiger partial charge >= 0.3 is 0 Å². The van der Waals surface area contributed by atoms with E-state index in [1.165, 1.54) is 23.0 Å². The average Bonchev–Trinajstić information content (AvgIpc) is 3.11.